The smallest absolute Gasteiger partial charge is 0.305 e. The average Bonchev–Trinajstić information content (AvgIpc) is 3.02. The minimum absolute atomic E-state index is 0.000969. The van der Waals surface area contributed by atoms with Crippen molar-refractivity contribution in [3.05, 3.63) is 0 Å². The molecule has 0 aromatic rings. The summed E-state index contributed by atoms with van der Waals surface area (Å²) >= 11 is 0. The van der Waals surface area contributed by atoms with Crippen molar-refractivity contribution < 1.29 is 33.0 Å². The molecule has 1 fully saturated rings. The van der Waals surface area contributed by atoms with Gasteiger partial charge >= 0.3 is 5.97 Å². The molecular weight excluding hydrogens is 413 g/mol. The molecule has 2 unspecified atom stereocenters. The second-order valence-electron chi connectivity index (χ2n) is 8.91. The highest BCUT2D eigenvalue weighted by molar-refractivity contribution is 7.09. The maximum atomic E-state index is 14.3. The highest BCUT2D eigenvalue weighted by atomic mass is 31.0. The third-order valence-corrected chi connectivity index (χ3v) is 6.99. The lowest BCUT2D eigenvalue weighted by Crippen LogP contribution is -2.36. The summed E-state index contributed by atoms with van der Waals surface area (Å²) in [5.74, 6) is -3.52. The summed E-state index contributed by atoms with van der Waals surface area (Å²) in [4.78, 5) is 11.1. The Labute approximate surface area is 182 Å². The Kier molecular flexibility index (Phi) is 12.8. The van der Waals surface area contributed by atoms with Crippen molar-refractivity contribution in [1.82, 2.24) is 0 Å². The molecule has 0 bridgehead atoms. The average molecular weight is 455 g/mol. The first-order chi connectivity index (χ1) is 14.2. The molecule has 0 aromatic heterocycles. The number of hydrogen-bond donors (Lipinski definition) is 2. The third-order valence-electron chi connectivity index (χ3n) is 6.64. The molecule has 1 aliphatic rings. The van der Waals surface area contributed by atoms with Crippen molar-refractivity contribution in [2.24, 2.45) is 17.8 Å². The van der Waals surface area contributed by atoms with Gasteiger partial charge < -0.3 is 19.5 Å². The summed E-state index contributed by atoms with van der Waals surface area (Å²) in [5, 5.41) is 20.6. The summed E-state index contributed by atoms with van der Waals surface area (Å²) in [6.45, 7) is 3.64. The summed E-state index contributed by atoms with van der Waals surface area (Å²) in [5.41, 5.74) is 0. The zero-order valence-corrected chi connectivity index (χ0v) is 19.8. The van der Waals surface area contributed by atoms with Crippen molar-refractivity contribution in [2.75, 3.05) is 7.11 Å². The van der Waals surface area contributed by atoms with Crippen LogP contribution in [-0.4, -0.2) is 47.5 Å². The summed E-state index contributed by atoms with van der Waals surface area (Å²) in [7, 11) is 3.61. The van der Waals surface area contributed by atoms with E-state index in [9.17, 15) is 23.8 Å². The lowest BCUT2D eigenvalue weighted by Gasteiger charge is -2.29. The molecule has 0 heterocycles. The fourth-order valence-electron chi connectivity index (χ4n) is 4.52. The summed E-state index contributed by atoms with van der Waals surface area (Å²) in [6.07, 6.45) is 3.56. The minimum Gasteiger partial charge on any atom is -0.469 e. The fourth-order valence-corrected chi connectivity index (χ4v) is 4.84. The first kappa shape index (κ1) is 27.7. The van der Waals surface area contributed by atoms with Crippen LogP contribution < -0.4 is 0 Å². The second kappa shape index (κ2) is 13.9. The second-order valence-corrected chi connectivity index (χ2v) is 9.18. The first-order valence-electron chi connectivity index (χ1n) is 11.3. The third kappa shape index (κ3) is 9.02. The number of alkyl halides is 2. The number of carbonyl (C=O) groups is 1. The van der Waals surface area contributed by atoms with E-state index in [-0.39, 0.29) is 42.7 Å². The van der Waals surface area contributed by atoms with Crippen LogP contribution >= 0.6 is 9.47 Å². The van der Waals surface area contributed by atoms with E-state index in [1.165, 1.54) is 7.11 Å². The van der Waals surface area contributed by atoms with E-state index in [2.05, 4.69) is 14.2 Å². The van der Waals surface area contributed by atoms with E-state index in [0.717, 1.165) is 32.1 Å². The van der Waals surface area contributed by atoms with E-state index in [0.29, 0.717) is 25.7 Å². The minimum atomic E-state index is -3.10. The number of unbranched alkanes of at least 4 members (excludes halogenated alkanes) is 3. The van der Waals surface area contributed by atoms with E-state index < -0.39 is 18.1 Å². The maximum absolute atomic E-state index is 14.3. The van der Waals surface area contributed by atoms with Gasteiger partial charge in [0.2, 0.25) is 0 Å². The Morgan fingerprint density at radius 2 is 1.87 bits per heavy atom. The predicted octanol–water partition coefficient (Wildman–Crippen LogP) is 4.88. The van der Waals surface area contributed by atoms with Crippen LogP contribution in [-0.2, 0) is 14.1 Å². The normalized spacial score (nSPS) is 26.5. The number of methoxy groups -OCH3 is 1. The first-order valence-corrected chi connectivity index (χ1v) is 11.8. The van der Waals surface area contributed by atoms with Gasteiger partial charge in [-0.05, 0) is 43.4 Å². The molecule has 5 nitrogen and oxygen atoms in total. The number of hydrogen-bond acceptors (Lipinski definition) is 5. The van der Waals surface area contributed by atoms with Crippen molar-refractivity contribution in [3.63, 3.8) is 0 Å². The van der Waals surface area contributed by atoms with Crippen LogP contribution in [0.3, 0.4) is 0 Å². The van der Waals surface area contributed by atoms with Gasteiger partial charge in [0, 0.05) is 28.7 Å². The molecule has 7 atom stereocenters. The van der Waals surface area contributed by atoms with Crippen LogP contribution in [0.4, 0.5) is 8.78 Å². The van der Waals surface area contributed by atoms with Gasteiger partial charge in [0.15, 0.2) is 0 Å². The Balaban J connectivity index is 2.52. The number of halogens is 2. The quantitative estimate of drug-likeness (QED) is 0.209. The monoisotopic (exact) mass is 454 g/mol. The van der Waals surface area contributed by atoms with Gasteiger partial charge in [-0.15, -0.1) is 0 Å². The highest BCUT2D eigenvalue weighted by Crippen LogP contribution is 2.42. The topological polar surface area (TPSA) is 76.0 Å². The molecular formula is C22H41F2O5P. The van der Waals surface area contributed by atoms with Crippen LogP contribution in [0.1, 0.15) is 84.5 Å². The Hall–Kier alpha value is -0.360. The van der Waals surface area contributed by atoms with Crippen molar-refractivity contribution >= 4 is 15.4 Å². The van der Waals surface area contributed by atoms with Crippen molar-refractivity contribution in [2.45, 2.75) is 109 Å². The van der Waals surface area contributed by atoms with Gasteiger partial charge in [-0.25, -0.2) is 8.78 Å². The van der Waals surface area contributed by atoms with Crippen LogP contribution in [0.25, 0.3) is 0 Å². The molecule has 0 amide bonds. The van der Waals surface area contributed by atoms with E-state index >= 15 is 0 Å². The van der Waals surface area contributed by atoms with Gasteiger partial charge in [0.1, 0.15) is 6.10 Å². The van der Waals surface area contributed by atoms with Crippen LogP contribution in [0.5, 0.6) is 0 Å². The standard InChI is InChI=1S/C22H41F2O5P/c1-4-15(2)14-22(23,24)20(26)12-11-17-16(18(25)13-19(17)29-30)9-7-5-6-8-10-21(27)28-3/h15-20,25-26H,4-14,30H2,1-3H3/t15-,16+,17+,18-,19+,20?/m0/s1. The van der Waals surface area contributed by atoms with Gasteiger partial charge in [-0.1, -0.05) is 39.5 Å². The summed E-state index contributed by atoms with van der Waals surface area (Å²) < 4.78 is 38.7. The van der Waals surface area contributed by atoms with E-state index in [1.807, 2.05) is 6.92 Å². The van der Waals surface area contributed by atoms with Gasteiger partial charge in [-0.2, -0.15) is 0 Å². The van der Waals surface area contributed by atoms with Gasteiger partial charge in [0.05, 0.1) is 19.3 Å². The molecule has 30 heavy (non-hydrogen) atoms. The highest BCUT2D eigenvalue weighted by Gasteiger charge is 2.44. The molecule has 0 radical (unpaired) electrons. The lowest BCUT2D eigenvalue weighted by molar-refractivity contribution is -0.140. The zero-order chi connectivity index (χ0) is 22.7. The zero-order valence-electron chi connectivity index (χ0n) is 18.7. The predicted molar refractivity (Wildman–Crippen MR) is 116 cm³/mol. The van der Waals surface area contributed by atoms with Crippen LogP contribution in [0.2, 0.25) is 0 Å². The van der Waals surface area contributed by atoms with Crippen LogP contribution in [0, 0.1) is 17.8 Å². The number of aliphatic hydroxyl groups is 2. The molecule has 178 valence electrons. The SMILES string of the molecule is CC[C@H](C)CC(F)(F)C(O)CC[C@@H]1[C@@H](CCCCCCC(=O)OC)[C@@H](O)C[C@H]1OP. The molecule has 8 heteroatoms. The number of esters is 1. The van der Waals surface area contributed by atoms with Gasteiger partial charge in [0.25, 0.3) is 5.92 Å². The molecule has 1 aliphatic carbocycles. The molecule has 1 rings (SSSR count). The molecule has 0 aromatic carbocycles. The Bertz CT molecular complexity index is 494. The molecule has 1 saturated carbocycles. The Morgan fingerprint density at radius 1 is 1.20 bits per heavy atom. The lowest BCUT2D eigenvalue weighted by atomic mass is 9.84. The molecule has 0 saturated heterocycles. The number of rotatable bonds is 15. The molecule has 0 spiro atoms. The van der Waals surface area contributed by atoms with Crippen molar-refractivity contribution in [3.8, 4) is 0 Å². The summed E-state index contributed by atoms with van der Waals surface area (Å²) in [6, 6.07) is 0. The number of ether oxygens (including phenoxy) is 1. The molecule has 2 N–H and O–H groups in total. The maximum Gasteiger partial charge on any atom is 0.305 e. The molecule has 0 aliphatic heterocycles. The fraction of sp³-hybridized carbons (Fsp3) is 0.955. The van der Waals surface area contributed by atoms with E-state index in [4.69, 9.17) is 4.52 Å². The largest absolute Gasteiger partial charge is 0.469 e. The number of aliphatic hydroxyl groups excluding tert-OH is 2. The van der Waals surface area contributed by atoms with Crippen LogP contribution in [0.15, 0.2) is 0 Å². The Morgan fingerprint density at radius 3 is 2.47 bits per heavy atom. The van der Waals surface area contributed by atoms with Crippen molar-refractivity contribution in [1.29, 1.82) is 0 Å². The van der Waals surface area contributed by atoms with Gasteiger partial charge in [-0.3, -0.25) is 4.79 Å². The van der Waals surface area contributed by atoms with E-state index in [1.54, 1.807) is 6.92 Å². The number of carbonyl (C=O) groups excluding carboxylic acids is 1.